The molecule has 1 heterocycles. The zero-order valence-electron chi connectivity index (χ0n) is 16.8. The summed E-state index contributed by atoms with van der Waals surface area (Å²) in [6.07, 6.45) is 0.120. The molecule has 164 valence electrons. The Labute approximate surface area is 188 Å². The van der Waals surface area contributed by atoms with E-state index >= 15 is 0 Å². The first-order valence-electron chi connectivity index (χ1n) is 9.60. The number of sulfone groups is 1. The lowest BCUT2D eigenvalue weighted by molar-refractivity contribution is -0.143. The van der Waals surface area contributed by atoms with Crippen LogP contribution in [0.25, 0.3) is 10.2 Å². The van der Waals surface area contributed by atoms with Gasteiger partial charge in [0.25, 0.3) is 0 Å². The number of esters is 1. The Morgan fingerprint density at radius 3 is 2.61 bits per heavy atom. The molecule has 31 heavy (non-hydrogen) atoms. The molecule has 0 radical (unpaired) electrons. The molecular weight excluding hydrogens is 460 g/mol. The van der Waals surface area contributed by atoms with Gasteiger partial charge in [-0.2, -0.15) is 4.99 Å². The third kappa shape index (κ3) is 6.03. The number of rotatable bonds is 8. The lowest BCUT2D eigenvalue weighted by atomic mass is 10.3. The van der Waals surface area contributed by atoms with E-state index in [0.29, 0.717) is 15.3 Å². The summed E-state index contributed by atoms with van der Waals surface area (Å²) in [7, 11) is -3.46. The number of nitrogens with zero attached hydrogens (tertiary/aromatic N) is 2. The van der Waals surface area contributed by atoms with Crippen molar-refractivity contribution in [2.45, 2.75) is 31.2 Å². The second kappa shape index (κ2) is 10.2. The molecule has 0 spiro atoms. The molecule has 0 saturated carbocycles. The molecule has 1 amide bonds. The van der Waals surface area contributed by atoms with E-state index in [1.165, 1.54) is 23.5 Å². The topological polar surface area (TPSA) is 94.8 Å². The van der Waals surface area contributed by atoms with Gasteiger partial charge in [-0.15, -0.1) is 0 Å². The highest BCUT2D eigenvalue weighted by Gasteiger charge is 2.15. The van der Waals surface area contributed by atoms with E-state index in [2.05, 4.69) is 4.99 Å². The van der Waals surface area contributed by atoms with Gasteiger partial charge >= 0.3 is 5.97 Å². The summed E-state index contributed by atoms with van der Waals surface area (Å²) in [5.41, 5.74) is 0.709. The summed E-state index contributed by atoms with van der Waals surface area (Å²) in [4.78, 5) is 29.1. The first kappa shape index (κ1) is 23.2. The fourth-order valence-corrected chi connectivity index (χ4v) is 5.60. The van der Waals surface area contributed by atoms with Crippen LogP contribution in [0.3, 0.4) is 0 Å². The largest absolute Gasteiger partial charge is 0.465 e. The molecule has 0 atom stereocenters. The van der Waals surface area contributed by atoms with Crippen LogP contribution in [0, 0.1) is 0 Å². The van der Waals surface area contributed by atoms with E-state index in [9.17, 15) is 18.0 Å². The number of carbonyl (C=O) groups is 2. The minimum absolute atomic E-state index is 0.0273. The van der Waals surface area contributed by atoms with Crippen LogP contribution in [0.5, 0.6) is 0 Å². The van der Waals surface area contributed by atoms with E-state index in [1.54, 1.807) is 47.9 Å². The second-order valence-electron chi connectivity index (χ2n) is 6.63. The van der Waals surface area contributed by atoms with Gasteiger partial charge in [0.15, 0.2) is 14.6 Å². The highest BCUT2D eigenvalue weighted by Crippen LogP contribution is 2.22. The molecule has 0 aliphatic carbocycles. The highest BCUT2D eigenvalue weighted by molar-refractivity contribution is 7.91. The molecule has 1 aromatic heterocycles. The molecule has 3 rings (SSSR count). The Hall–Kier alpha value is -2.49. The van der Waals surface area contributed by atoms with E-state index in [0.717, 1.165) is 4.70 Å². The van der Waals surface area contributed by atoms with Crippen LogP contribution in [0.15, 0.2) is 58.4 Å². The Bertz CT molecular complexity index is 1260. The standard InChI is InChI=1S/C21H21ClN2O5S2/c1-2-29-20(26)14-24-17-11-10-15(22)13-18(17)30-21(24)23-19(25)9-6-12-31(27,28)16-7-4-3-5-8-16/h3-5,7-8,10-11,13H,2,6,9,12,14H2,1H3. The third-order valence-corrected chi connectivity index (χ3v) is 7.46. The van der Waals surface area contributed by atoms with Crippen molar-refractivity contribution in [2.24, 2.45) is 4.99 Å². The summed E-state index contributed by atoms with van der Waals surface area (Å²) >= 11 is 7.28. The molecule has 0 saturated heterocycles. The van der Waals surface area contributed by atoms with Crippen LogP contribution < -0.4 is 4.80 Å². The summed E-state index contributed by atoms with van der Waals surface area (Å²) in [6.45, 7) is 1.87. The van der Waals surface area contributed by atoms with Crippen molar-refractivity contribution in [1.29, 1.82) is 0 Å². The van der Waals surface area contributed by atoms with Gasteiger partial charge in [-0.3, -0.25) is 9.59 Å². The molecule has 0 aliphatic rings. The minimum Gasteiger partial charge on any atom is -0.465 e. The molecule has 3 aromatic rings. The maximum absolute atomic E-state index is 12.4. The molecule has 7 nitrogen and oxygen atoms in total. The number of hydrogen-bond acceptors (Lipinski definition) is 6. The predicted molar refractivity (Wildman–Crippen MR) is 120 cm³/mol. The fraction of sp³-hybridized carbons (Fsp3) is 0.286. The first-order chi connectivity index (χ1) is 14.8. The van der Waals surface area contributed by atoms with E-state index < -0.39 is 21.7 Å². The highest BCUT2D eigenvalue weighted by atomic mass is 35.5. The number of thiazole rings is 1. The number of aromatic nitrogens is 1. The maximum Gasteiger partial charge on any atom is 0.326 e. The summed E-state index contributed by atoms with van der Waals surface area (Å²) in [5, 5.41) is 0.529. The van der Waals surface area contributed by atoms with Crippen LogP contribution in [-0.2, 0) is 30.7 Å². The monoisotopic (exact) mass is 480 g/mol. The summed E-state index contributed by atoms with van der Waals surface area (Å²) < 4.78 is 32.1. The zero-order valence-corrected chi connectivity index (χ0v) is 19.2. The number of ether oxygens (including phenoxy) is 1. The van der Waals surface area contributed by atoms with Crippen LogP contribution in [0.2, 0.25) is 5.02 Å². The van der Waals surface area contributed by atoms with Gasteiger partial charge in [0, 0.05) is 11.4 Å². The van der Waals surface area contributed by atoms with Gasteiger partial charge < -0.3 is 9.30 Å². The van der Waals surface area contributed by atoms with Crippen molar-refractivity contribution in [3.63, 3.8) is 0 Å². The van der Waals surface area contributed by atoms with Crippen LogP contribution in [0.1, 0.15) is 19.8 Å². The molecule has 0 unspecified atom stereocenters. The van der Waals surface area contributed by atoms with Gasteiger partial charge in [-0.1, -0.05) is 41.1 Å². The molecule has 0 N–H and O–H groups in total. The summed E-state index contributed by atoms with van der Waals surface area (Å²) in [5.74, 6) is -1.05. The van der Waals surface area contributed by atoms with Gasteiger partial charge in [-0.05, 0) is 43.7 Å². The average Bonchev–Trinajstić information content (AvgIpc) is 3.04. The van der Waals surface area contributed by atoms with Crippen LogP contribution in [-0.4, -0.2) is 37.2 Å². The first-order valence-corrected chi connectivity index (χ1v) is 12.4. The molecule has 0 fully saturated rings. The van der Waals surface area contributed by atoms with Gasteiger partial charge in [0.2, 0.25) is 5.91 Å². The van der Waals surface area contributed by atoms with Crippen molar-refractivity contribution >= 4 is 54.9 Å². The number of hydrogen-bond donors (Lipinski definition) is 0. The van der Waals surface area contributed by atoms with Crippen molar-refractivity contribution in [2.75, 3.05) is 12.4 Å². The Morgan fingerprint density at radius 1 is 1.16 bits per heavy atom. The van der Waals surface area contributed by atoms with E-state index in [4.69, 9.17) is 16.3 Å². The van der Waals surface area contributed by atoms with Gasteiger partial charge in [0.1, 0.15) is 6.54 Å². The Morgan fingerprint density at radius 2 is 1.90 bits per heavy atom. The molecule has 10 heteroatoms. The van der Waals surface area contributed by atoms with Crippen LogP contribution in [0.4, 0.5) is 0 Å². The Balaban J connectivity index is 1.79. The lowest BCUT2D eigenvalue weighted by Gasteiger charge is -2.05. The maximum atomic E-state index is 12.4. The summed E-state index contributed by atoms with van der Waals surface area (Å²) in [6, 6.07) is 13.3. The third-order valence-electron chi connectivity index (χ3n) is 4.36. The van der Waals surface area contributed by atoms with E-state index in [-0.39, 0.29) is 36.6 Å². The SMILES string of the molecule is CCOC(=O)Cn1c(=NC(=O)CCCS(=O)(=O)c2ccccc2)sc2cc(Cl)ccc21. The predicted octanol–water partition coefficient (Wildman–Crippen LogP) is 3.60. The minimum atomic E-state index is -3.46. The molecule has 0 aliphatic heterocycles. The lowest BCUT2D eigenvalue weighted by Crippen LogP contribution is -2.23. The number of benzene rings is 2. The van der Waals surface area contributed by atoms with Crippen molar-refractivity contribution in [3.8, 4) is 0 Å². The fourth-order valence-electron chi connectivity index (χ4n) is 2.94. The second-order valence-corrected chi connectivity index (χ2v) is 10.2. The number of carbonyl (C=O) groups excluding carboxylic acids is 2. The van der Waals surface area contributed by atoms with Crippen molar-refractivity contribution < 1.29 is 22.7 Å². The Kier molecular flexibility index (Phi) is 7.64. The zero-order chi connectivity index (χ0) is 22.4. The van der Waals surface area contributed by atoms with Gasteiger partial charge in [-0.25, -0.2) is 8.42 Å². The van der Waals surface area contributed by atoms with E-state index in [1.807, 2.05) is 0 Å². The smallest absolute Gasteiger partial charge is 0.326 e. The number of amides is 1. The van der Waals surface area contributed by atoms with Crippen molar-refractivity contribution in [1.82, 2.24) is 4.57 Å². The quantitative estimate of drug-likeness (QED) is 0.459. The number of fused-ring (bicyclic) bond motifs is 1. The average molecular weight is 481 g/mol. The normalized spacial score (nSPS) is 12.3. The van der Waals surface area contributed by atoms with Crippen molar-refractivity contribution in [3.05, 3.63) is 58.4 Å². The van der Waals surface area contributed by atoms with Crippen LogP contribution >= 0.6 is 22.9 Å². The molecular formula is C21H21ClN2O5S2. The number of halogens is 1. The van der Waals surface area contributed by atoms with Gasteiger partial charge in [0.05, 0.1) is 27.5 Å². The molecule has 2 aromatic carbocycles. The molecule has 0 bridgehead atoms.